The van der Waals surface area contributed by atoms with Crippen LogP contribution >= 0.6 is 38.6 Å². The highest BCUT2D eigenvalue weighted by Gasteiger charge is 2.14. The van der Waals surface area contributed by atoms with E-state index in [0.29, 0.717) is 6.04 Å². The van der Waals surface area contributed by atoms with Crippen molar-refractivity contribution in [1.29, 1.82) is 0 Å². The lowest BCUT2D eigenvalue weighted by atomic mass is 10.2. The maximum absolute atomic E-state index is 3.56. The summed E-state index contributed by atoms with van der Waals surface area (Å²) in [6.45, 7) is 1.88. The Balaban J connectivity index is 1.89. The van der Waals surface area contributed by atoms with Gasteiger partial charge < -0.3 is 10.2 Å². The van der Waals surface area contributed by atoms with Gasteiger partial charge in [-0.2, -0.15) is 11.3 Å². The van der Waals surface area contributed by atoms with Crippen LogP contribution in [0.25, 0.3) is 0 Å². The minimum Gasteiger partial charge on any atom is -0.311 e. The maximum Gasteiger partial charge on any atom is 0.0561 e. The fraction of sp³-hybridized carbons (Fsp3) is 0.385. The molecule has 0 radical (unpaired) electrons. The van der Waals surface area contributed by atoms with Gasteiger partial charge in [0.25, 0.3) is 0 Å². The number of nitrogens with one attached hydrogen (secondary N) is 1. The number of likely N-dealkylation sites (N-methyl/N-ethyl adjacent to an activating group) is 1. The summed E-state index contributed by atoms with van der Waals surface area (Å²) < 4.78 is 1.21. The van der Waals surface area contributed by atoms with Crippen molar-refractivity contribution in [1.82, 2.24) is 10.2 Å². The lowest BCUT2D eigenvalue weighted by Crippen LogP contribution is -2.30. The van der Waals surface area contributed by atoms with Gasteiger partial charge in [0.2, 0.25) is 0 Å². The molecule has 0 fully saturated rings. The average Bonchev–Trinajstić information content (AvgIpc) is 2.96. The van der Waals surface area contributed by atoms with Crippen LogP contribution in [0.5, 0.6) is 0 Å². The standard InChI is InChI=1S/C13H17BrN2S2/c1-16(2)12(13-4-3-5-18-13)7-15-6-10-8-17-9-11(10)14/h3-5,8-9,12,15H,6-7H2,1-2H3. The second-order valence-electron chi connectivity index (χ2n) is 4.37. The van der Waals surface area contributed by atoms with Crippen LogP contribution in [-0.2, 0) is 6.54 Å². The number of halogens is 1. The first-order valence-electron chi connectivity index (χ1n) is 5.79. The lowest BCUT2D eigenvalue weighted by Gasteiger charge is -2.23. The average molecular weight is 345 g/mol. The topological polar surface area (TPSA) is 15.3 Å². The summed E-state index contributed by atoms with van der Waals surface area (Å²) in [5.41, 5.74) is 1.34. The largest absolute Gasteiger partial charge is 0.311 e. The van der Waals surface area contributed by atoms with Crippen LogP contribution in [0.2, 0.25) is 0 Å². The molecule has 0 aliphatic rings. The molecule has 0 aliphatic heterocycles. The number of nitrogens with zero attached hydrogens (tertiary/aromatic N) is 1. The molecule has 0 saturated heterocycles. The molecule has 1 unspecified atom stereocenters. The van der Waals surface area contributed by atoms with Gasteiger partial charge in [0.05, 0.1) is 6.04 Å². The third-order valence-electron chi connectivity index (χ3n) is 2.84. The van der Waals surface area contributed by atoms with Crippen LogP contribution in [0.1, 0.15) is 16.5 Å². The van der Waals surface area contributed by atoms with E-state index in [-0.39, 0.29) is 0 Å². The quantitative estimate of drug-likeness (QED) is 0.852. The van der Waals surface area contributed by atoms with Crippen LogP contribution in [-0.4, -0.2) is 25.5 Å². The maximum atomic E-state index is 3.56. The summed E-state index contributed by atoms with van der Waals surface area (Å²) in [6.07, 6.45) is 0. The van der Waals surface area contributed by atoms with Gasteiger partial charge in [0.1, 0.15) is 0 Å². The van der Waals surface area contributed by atoms with E-state index in [2.05, 4.69) is 68.5 Å². The van der Waals surface area contributed by atoms with E-state index >= 15 is 0 Å². The molecule has 98 valence electrons. The molecule has 0 aliphatic carbocycles. The number of rotatable bonds is 6. The predicted octanol–water partition coefficient (Wildman–Crippen LogP) is 3.96. The molecule has 2 aromatic rings. The Morgan fingerprint density at radius 2 is 2.22 bits per heavy atom. The van der Waals surface area contributed by atoms with Gasteiger partial charge in [-0.25, -0.2) is 0 Å². The molecule has 2 rings (SSSR count). The van der Waals surface area contributed by atoms with Gasteiger partial charge in [-0.05, 0) is 52.4 Å². The Morgan fingerprint density at radius 3 is 2.78 bits per heavy atom. The summed E-state index contributed by atoms with van der Waals surface area (Å²) in [4.78, 5) is 3.68. The van der Waals surface area contributed by atoms with Crippen molar-refractivity contribution in [2.24, 2.45) is 0 Å². The molecule has 0 aromatic carbocycles. The van der Waals surface area contributed by atoms with Crippen LogP contribution < -0.4 is 5.32 Å². The van der Waals surface area contributed by atoms with Crippen molar-refractivity contribution in [3.63, 3.8) is 0 Å². The zero-order valence-electron chi connectivity index (χ0n) is 10.5. The Morgan fingerprint density at radius 1 is 1.39 bits per heavy atom. The monoisotopic (exact) mass is 344 g/mol. The third kappa shape index (κ3) is 3.65. The summed E-state index contributed by atoms with van der Waals surface area (Å²) >= 11 is 7.12. The summed E-state index contributed by atoms with van der Waals surface area (Å²) in [7, 11) is 4.26. The molecule has 5 heteroatoms. The van der Waals surface area contributed by atoms with E-state index in [1.807, 2.05) is 11.3 Å². The van der Waals surface area contributed by atoms with Gasteiger partial charge in [-0.15, -0.1) is 11.3 Å². The van der Waals surface area contributed by atoms with E-state index in [1.165, 1.54) is 14.9 Å². The van der Waals surface area contributed by atoms with E-state index < -0.39 is 0 Å². The van der Waals surface area contributed by atoms with Crippen molar-refractivity contribution < 1.29 is 0 Å². The molecule has 1 N–H and O–H groups in total. The molecule has 0 bridgehead atoms. The highest BCUT2D eigenvalue weighted by molar-refractivity contribution is 9.10. The fourth-order valence-electron chi connectivity index (χ4n) is 1.80. The Kier molecular flexibility index (Phi) is 5.38. The van der Waals surface area contributed by atoms with Crippen LogP contribution in [0.15, 0.2) is 32.7 Å². The van der Waals surface area contributed by atoms with Crippen LogP contribution in [0.3, 0.4) is 0 Å². The molecular formula is C13H17BrN2S2. The zero-order valence-corrected chi connectivity index (χ0v) is 13.7. The normalized spacial score (nSPS) is 13.1. The van der Waals surface area contributed by atoms with E-state index in [0.717, 1.165) is 13.1 Å². The van der Waals surface area contributed by atoms with Gasteiger partial charge >= 0.3 is 0 Å². The summed E-state index contributed by atoms with van der Waals surface area (Å²) in [5, 5.41) is 9.99. The molecule has 2 nitrogen and oxygen atoms in total. The first-order chi connectivity index (χ1) is 8.68. The molecule has 1 atom stereocenters. The second-order valence-corrected chi connectivity index (χ2v) is 6.95. The van der Waals surface area contributed by atoms with Crippen LogP contribution in [0, 0.1) is 0 Å². The van der Waals surface area contributed by atoms with E-state index in [9.17, 15) is 0 Å². The lowest BCUT2D eigenvalue weighted by molar-refractivity contribution is 0.292. The Labute approximate surface area is 125 Å². The molecule has 0 spiro atoms. The molecule has 0 amide bonds. The van der Waals surface area contributed by atoms with Gasteiger partial charge in [0.15, 0.2) is 0 Å². The smallest absolute Gasteiger partial charge is 0.0561 e. The molecular weight excluding hydrogens is 328 g/mol. The SMILES string of the molecule is CN(C)C(CNCc1cscc1Br)c1cccs1. The van der Waals surface area contributed by atoms with Crippen LogP contribution in [0.4, 0.5) is 0 Å². The second kappa shape index (κ2) is 6.82. The summed E-state index contributed by atoms with van der Waals surface area (Å²) in [5.74, 6) is 0. The van der Waals surface area contributed by atoms with Crippen molar-refractivity contribution in [2.75, 3.05) is 20.6 Å². The highest BCUT2D eigenvalue weighted by atomic mass is 79.9. The predicted molar refractivity (Wildman–Crippen MR) is 84.5 cm³/mol. The minimum atomic E-state index is 0.447. The fourth-order valence-corrected chi connectivity index (χ4v) is 4.16. The number of hydrogen-bond donors (Lipinski definition) is 1. The highest BCUT2D eigenvalue weighted by Crippen LogP contribution is 2.24. The Hall–Kier alpha value is -0.200. The van der Waals surface area contributed by atoms with E-state index in [4.69, 9.17) is 0 Å². The first kappa shape index (κ1) is 14.2. The zero-order chi connectivity index (χ0) is 13.0. The van der Waals surface area contributed by atoms with Gasteiger partial charge in [0, 0.05) is 27.8 Å². The Bertz CT molecular complexity index is 465. The van der Waals surface area contributed by atoms with Crippen molar-refractivity contribution in [3.05, 3.63) is 43.2 Å². The van der Waals surface area contributed by atoms with Gasteiger partial charge in [-0.3, -0.25) is 0 Å². The van der Waals surface area contributed by atoms with Crippen molar-refractivity contribution >= 4 is 38.6 Å². The molecule has 2 heterocycles. The third-order valence-corrected chi connectivity index (χ3v) is 5.64. The first-order valence-corrected chi connectivity index (χ1v) is 8.41. The van der Waals surface area contributed by atoms with Crippen molar-refractivity contribution in [2.45, 2.75) is 12.6 Å². The van der Waals surface area contributed by atoms with Gasteiger partial charge in [-0.1, -0.05) is 6.07 Å². The number of hydrogen-bond acceptors (Lipinski definition) is 4. The van der Waals surface area contributed by atoms with E-state index in [1.54, 1.807) is 11.3 Å². The summed E-state index contributed by atoms with van der Waals surface area (Å²) in [6, 6.07) is 4.77. The minimum absolute atomic E-state index is 0.447. The number of thiophene rings is 2. The van der Waals surface area contributed by atoms with Crippen molar-refractivity contribution in [3.8, 4) is 0 Å². The molecule has 0 saturated carbocycles. The molecule has 18 heavy (non-hydrogen) atoms. The molecule has 2 aromatic heterocycles.